The zero-order chi connectivity index (χ0) is 11.0. The van der Waals surface area contributed by atoms with Crippen LogP contribution in [0, 0.1) is 0 Å². The van der Waals surface area contributed by atoms with Gasteiger partial charge < -0.3 is 14.6 Å². The van der Waals surface area contributed by atoms with E-state index in [-0.39, 0.29) is 12.5 Å². The van der Waals surface area contributed by atoms with Gasteiger partial charge in [0.05, 0.1) is 25.6 Å². The lowest BCUT2D eigenvalue weighted by atomic mass is 10.2. The Balaban J connectivity index is 3.62. The molecule has 0 radical (unpaired) electrons. The molecule has 1 unspecified atom stereocenters. The van der Waals surface area contributed by atoms with Gasteiger partial charge >= 0.3 is 11.9 Å². The lowest BCUT2D eigenvalue weighted by Crippen LogP contribution is -2.07. The SMILES string of the molecule is COC(=O)/C=C/OC(C)CCC(=O)O. The Morgan fingerprint density at radius 1 is 1.50 bits per heavy atom. The van der Waals surface area contributed by atoms with E-state index in [0.717, 1.165) is 6.08 Å². The molecule has 0 saturated heterocycles. The molecule has 0 aromatic heterocycles. The molecule has 0 saturated carbocycles. The number of carboxylic acids is 1. The number of ether oxygens (including phenoxy) is 2. The summed E-state index contributed by atoms with van der Waals surface area (Å²) < 4.78 is 9.35. The van der Waals surface area contributed by atoms with Crippen LogP contribution >= 0.6 is 0 Å². The van der Waals surface area contributed by atoms with Gasteiger partial charge in [0.25, 0.3) is 0 Å². The highest BCUT2D eigenvalue weighted by atomic mass is 16.5. The van der Waals surface area contributed by atoms with Crippen LogP contribution in [0.1, 0.15) is 19.8 Å². The zero-order valence-electron chi connectivity index (χ0n) is 8.23. The van der Waals surface area contributed by atoms with Gasteiger partial charge in [0.2, 0.25) is 0 Å². The maximum atomic E-state index is 10.6. The Labute approximate surface area is 82.3 Å². The van der Waals surface area contributed by atoms with Crippen molar-refractivity contribution in [2.45, 2.75) is 25.9 Å². The van der Waals surface area contributed by atoms with Crippen LogP contribution in [0.25, 0.3) is 0 Å². The molecule has 0 heterocycles. The van der Waals surface area contributed by atoms with Gasteiger partial charge in [0.1, 0.15) is 0 Å². The monoisotopic (exact) mass is 202 g/mol. The molecule has 0 aliphatic rings. The molecule has 0 aliphatic carbocycles. The van der Waals surface area contributed by atoms with Crippen LogP contribution in [0.2, 0.25) is 0 Å². The average molecular weight is 202 g/mol. The van der Waals surface area contributed by atoms with Crippen molar-refractivity contribution in [1.82, 2.24) is 0 Å². The molecule has 0 aliphatic heterocycles. The van der Waals surface area contributed by atoms with Crippen molar-refractivity contribution in [3.05, 3.63) is 12.3 Å². The number of carbonyl (C=O) groups is 2. The Hall–Kier alpha value is -1.52. The fourth-order valence-corrected chi connectivity index (χ4v) is 0.692. The first-order chi connectivity index (χ1) is 6.56. The Bertz CT molecular complexity index is 221. The van der Waals surface area contributed by atoms with Gasteiger partial charge in [-0.1, -0.05) is 0 Å². The van der Waals surface area contributed by atoms with Gasteiger partial charge in [0, 0.05) is 6.42 Å². The Morgan fingerprint density at radius 3 is 2.64 bits per heavy atom. The third-order valence-corrected chi connectivity index (χ3v) is 1.48. The minimum absolute atomic E-state index is 0.0488. The van der Waals surface area contributed by atoms with Crippen LogP contribution in [0.15, 0.2) is 12.3 Å². The maximum Gasteiger partial charge on any atom is 0.333 e. The molecule has 0 spiro atoms. The fourth-order valence-electron chi connectivity index (χ4n) is 0.692. The predicted octanol–water partition coefficient (Wildman–Crippen LogP) is 0.943. The van der Waals surface area contributed by atoms with Crippen molar-refractivity contribution in [2.75, 3.05) is 7.11 Å². The van der Waals surface area contributed by atoms with Crippen molar-refractivity contribution in [3.63, 3.8) is 0 Å². The standard InChI is InChI=1S/C9H14O5/c1-7(3-4-8(10)11)14-6-5-9(12)13-2/h5-7H,3-4H2,1-2H3,(H,10,11)/b6-5+. The molecule has 5 heteroatoms. The molecule has 0 amide bonds. The molecule has 0 rings (SSSR count). The summed E-state index contributed by atoms with van der Waals surface area (Å²) in [5, 5.41) is 8.37. The number of methoxy groups -OCH3 is 1. The minimum Gasteiger partial charge on any atom is -0.498 e. The van der Waals surface area contributed by atoms with Crippen LogP contribution in [0.4, 0.5) is 0 Å². The summed E-state index contributed by atoms with van der Waals surface area (Å²) in [6.07, 6.45) is 2.57. The highest BCUT2D eigenvalue weighted by Crippen LogP contribution is 2.01. The van der Waals surface area contributed by atoms with Crippen LogP contribution in [0.5, 0.6) is 0 Å². The van der Waals surface area contributed by atoms with E-state index in [1.54, 1.807) is 6.92 Å². The van der Waals surface area contributed by atoms with E-state index in [0.29, 0.717) is 6.42 Å². The number of rotatable bonds is 6. The third kappa shape index (κ3) is 7.15. The van der Waals surface area contributed by atoms with E-state index < -0.39 is 11.9 Å². The molecule has 1 N–H and O–H groups in total. The van der Waals surface area contributed by atoms with E-state index in [1.807, 2.05) is 0 Å². The summed E-state index contributed by atoms with van der Waals surface area (Å²) in [5.41, 5.74) is 0. The van der Waals surface area contributed by atoms with E-state index in [1.165, 1.54) is 13.4 Å². The summed E-state index contributed by atoms with van der Waals surface area (Å²) in [7, 11) is 1.26. The first kappa shape index (κ1) is 12.5. The predicted molar refractivity (Wildman–Crippen MR) is 48.6 cm³/mol. The summed E-state index contributed by atoms with van der Waals surface area (Å²) in [5.74, 6) is -1.37. The molecule has 0 aromatic carbocycles. The quantitative estimate of drug-likeness (QED) is 0.394. The molecule has 0 aromatic rings. The first-order valence-corrected chi connectivity index (χ1v) is 4.18. The van der Waals surface area contributed by atoms with Gasteiger partial charge in [-0.25, -0.2) is 4.79 Å². The number of aliphatic carboxylic acids is 1. The van der Waals surface area contributed by atoms with E-state index in [2.05, 4.69) is 4.74 Å². The summed E-state index contributed by atoms with van der Waals surface area (Å²) in [6, 6.07) is 0. The molecule has 14 heavy (non-hydrogen) atoms. The number of hydrogen-bond donors (Lipinski definition) is 1. The molecule has 80 valence electrons. The number of esters is 1. The van der Waals surface area contributed by atoms with Crippen molar-refractivity contribution in [2.24, 2.45) is 0 Å². The lowest BCUT2D eigenvalue weighted by Gasteiger charge is -2.08. The molecular formula is C9H14O5. The summed E-state index contributed by atoms with van der Waals surface area (Å²) in [4.78, 5) is 20.8. The normalized spacial score (nSPS) is 12.4. The van der Waals surface area contributed by atoms with Gasteiger partial charge in [-0.05, 0) is 13.3 Å². The molecular weight excluding hydrogens is 188 g/mol. The summed E-state index contributed by atoms with van der Waals surface area (Å²) in [6.45, 7) is 1.73. The van der Waals surface area contributed by atoms with Crippen molar-refractivity contribution in [3.8, 4) is 0 Å². The average Bonchev–Trinajstić information content (AvgIpc) is 2.14. The number of hydrogen-bond acceptors (Lipinski definition) is 4. The van der Waals surface area contributed by atoms with E-state index in [9.17, 15) is 9.59 Å². The highest BCUT2D eigenvalue weighted by molar-refractivity contribution is 5.81. The molecule has 0 bridgehead atoms. The van der Waals surface area contributed by atoms with Crippen molar-refractivity contribution >= 4 is 11.9 Å². The zero-order valence-corrected chi connectivity index (χ0v) is 8.23. The lowest BCUT2D eigenvalue weighted by molar-refractivity contribution is -0.138. The van der Waals surface area contributed by atoms with Crippen LogP contribution in [0.3, 0.4) is 0 Å². The smallest absolute Gasteiger partial charge is 0.333 e. The maximum absolute atomic E-state index is 10.6. The fraction of sp³-hybridized carbons (Fsp3) is 0.556. The van der Waals surface area contributed by atoms with Gasteiger partial charge in [-0.3, -0.25) is 4.79 Å². The molecule has 5 nitrogen and oxygen atoms in total. The van der Waals surface area contributed by atoms with E-state index >= 15 is 0 Å². The van der Waals surface area contributed by atoms with Gasteiger partial charge in [-0.15, -0.1) is 0 Å². The number of carbonyl (C=O) groups excluding carboxylic acids is 1. The topological polar surface area (TPSA) is 72.8 Å². The highest BCUT2D eigenvalue weighted by Gasteiger charge is 2.04. The van der Waals surface area contributed by atoms with Crippen LogP contribution < -0.4 is 0 Å². The van der Waals surface area contributed by atoms with Crippen molar-refractivity contribution < 1.29 is 24.2 Å². The summed E-state index contributed by atoms with van der Waals surface area (Å²) >= 11 is 0. The van der Waals surface area contributed by atoms with Crippen molar-refractivity contribution in [1.29, 1.82) is 0 Å². The Kier molecular flexibility index (Phi) is 6.19. The largest absolute Gasteiger partial charge is 0.498 e. The second-order valence-corrected chi connectivity index (χ2v) is 2.71. The third-order valence-electron chi connectivity index (χ3n) is 1.48. The van der Waals surface area contributed by atoms with Gasteiger partial charge in [-0.2, -0.15) is 0 Å². The second-order valence-electron chi connectivity index (χ2n) is 2.71. The molecule has 1 atom stereocenters. The van der Waals surface area contributed by atoms with Gasteiger partial charge in [0.15, 0.2) is 0 Å². The van der Waals surface area contributed by atoms with E-state index in [4.69, 9.17) is 9.84 Å². The Morgan fingerprint density at radius 2 is 2.14 bits per heavy atom. The first-order valence-electron chi connectivity index (χ1n) is 4.18. The molecule has 0 fully saturated rings. The minimum atomic E-state index is -0.864. The van der Waals surface area contributed by atoms with Crippen LogP contribution in [-0.2, 0) is 19.1 Å². The van der Waals surface area contributed by atoms with Crippen LogP contribution in [-0.4, -0.2) is 30.3 Å². The second kappa shape index (κ2) is 6.94. The number of carboxylic acid groups (broad SMARTS) is 1.